The van der Waals surface area contributed by atoms with Gasteiger partial charge < -0.3 is 5.73 Å². The minimum absolute atomic E-state index is 0.0966. The van der Waals surface area contributed by atoms with Gasteiger partial charge in [-0.15, -0.1) is 0 Å². The SMILES string of the molecule is C[C@H](N)c1c(Br)ccc(F)c1Cl. The van der Waals surface area contributed by atoms with Gasteiger partial charge in [0.1, 0.15) is 5.82 Å². The fourth-order valence-electron chi connectivity index (χ4n) is 0.960. The van der Waals surface area contributed by atoms with Gasteiger partial charge in [-0.1, -0.05) is 27.5 Å². The standard InChI is InChI=1S/C8H8BrClFN/c1-4(12)7-5(9)2-3-6(11)8(7)10/h2-4H,12H2,1H3/t4-/m0/s1. The van der Waals surface area contributed by atoms with Gasteiger partial charge in [0.05, 0.1) is 5.02 Å². The van der Waals surface area contributed by atoms with Gasteiger partial charge in [0, 0.05) is 16.1 Å². The highest BCUT2D eigenvalue weighted by atomic mass is 79.9. The monoisotopic (exact) mass is 251 g/mol. The second-order valence-electron chi connectivity index (χ2n) is 2.55. The molecule has 0 bridgehead atoms. The smallest absolute Gasteiger partial charge is 0.142 e. The quantitative estimate of drug-likeness (QED) is 0.763. The molecule has 0 aromatic heterocycles. The summed E-state index contributed by atoms with van der Waals surface area (Å²) in [7, 11) is 0. The van der Waals surface area contributed by atoms with E-state index in [1.807, 2.05) is 0 Å². The van der Waals surface area contributed by atoms with Crippen LogP contribution in [0.3, 0.4) is 0 Å². The summed E-state index contributed by atoms with van der Waals surface area (Å²) < 4.78 is 13.7. The highest BCUT2D eigenvalue weighted by Gasteiger charge is 2.13. The molecule has 1 aromatic rings. The van der Waals surface area contributed by atoms with Crippen LogP contribution in [0.15, 0.2) is 16.6 Å². The van der Waals surface area contributed by atoms with E-state index in [0.29, 0.717) is 5.56 Å². The fraction of sp³-hybridized carbons (Fsp3) is 0.250. The van der Waals surface area contributed by atoms with Crippen molar-refractivity contribution in [2.24, 2.45) is 5.73 Å². The van der Waals surface area contributed by atoms with Crippen LogP contribution in [0.4, 0.5) is 4.39 Å². The molecule has 0 saturated carbocycles. The Morgan fingerprint density at radius 1 is 1.58 bits per heavy atom. The van der Waals surface area contributed by atoms with Gasteiger partial charge in [0.15, 0.2) is 0 Å². The highest BCUT2D eigenvalue weighted by Crippen LogP contribution is 2.31. The minimum Gasteiger partial charge on any atom is -0.324 e. The van der Waals surface area contributed by atoms with Gasteiger partial charge in [-0.05, 0) is 19.1 Å². The van der Waals surface area contributed by atoms with Crippen LogP contribution >= 0.6 is 27.5 Å². The molecular weight excluding hydrogens is 244 g/mol. The van der Waals surface area contributed by atoms with Crippen LogP contribution in [0, 0.1) is 5.82 Å². The molecule has 0 amide bonds. The molecule has 0 unspecified atom stereocenters. The van der Waals surface area contributed by atoms with Crippen molar-refractivity contribution in [1.82, 2.24) is 0 Å². The lowest BCUT2D eigenvalue weighted by atomic mass is 10.1. The van der Waals surface area contributed by atoms with E-state index in [-0.39, 0.29) is 11.1 Å². The molecule has 0 fully saturated rings. The third-order valence-corrected chi connectivity index (χ3v) is 2.61. The Bertz CT molecular complexity index is 301. The maximum Gasteiger partial charge on any atom is 0.142 e. The molecule has 0 radical (unpaired) electrons. The Morgan fingerprint density at radius 3 is 2.58 bits per heavy atom. The molecule has 0 spiro atoms. The highest BCUT2D eigenvalue weighted by molar-refractivity contribution is 9.10. The summed E-state index contributed by atoms with van der Waals surface area (Å²) in [6.45, 7) is 1.76. The lowest BCUT2D eigenvalue weighted by Crippen LogP contribution is -2.07. The molecule has 1 aromatic carbocycles. The van der Waals surface area contributed by atoms with Crippen molar-refractivity contribution in [3.05, 3.63) is 33.0 Å². The van der Waals surface area contributed by atoms with Gasteiger partial charge in [-0.2, -0.15) is 0 Å². The van der Waals surface area contributed by atoms with Crippen LogP contribution in [-0.4, -0.2) is 0 Å². The van der Waals surface area contributed by atoms with Crippen LogP contribution in [0.5, 0.6) is 0 Å². The first-order chi connectivity index (χ1) is 5.54. The van der Waals surface area contributed by atoms with Crippen molar-refractivity contribution in [3.63, 3.8) is 0 Å². The molecule has 1 rings (SSSR count). The maximum absolute atomic E-state index is 12.9. The normalized spacial score (nSPS) is 13.1. The van der Waals surface area contributed by atoms with Gasteiger partial charge >= 0.3 is 0 Å². The molecule has 2 N–H and O–H groups in total. The molecule has 12 heavy (non-hydrogen) atoms. The molecule has 0 aliphatic heterocycles. The van der Waals surface area contributed by atoms with Crippen molar-refractivity contribution < 1.29 is 4.39 Å². The molecule has 0 aliphatic rings. The summed E-state index contributed by atoms with van der Waals surface area (Å²) in [5.74, 6) is -0.438. The summed E-state index contributed by atoms with van der Waals surface area (Å²) in [6.07, 6.45) is 0. The predicted molar refractivity (Wildman–Crippen MR) is 51.7 cm³/mol. The van der Waals surface area contributed by atoms with Crippen molar-refractivity contribution in [3.8, 4) is 0 Å². The zero-order valence-corrected chi connectivity index (χ0v) is 8.79. The Balaban J connectivity index is 3.33. The van der Waals surface area contributed by atoms with Gasteiger partial charge in [0.25, 0.3) is 0 Å². The Hall–Kier alpha value is -0.120. The third-order valence-electron chi connectivity index (χ3n) is 1.53. The third kappa shape index (κ3) is 1.79. The fourth-order valence-corrected chi connectivity index (χ4v) is 2.10. The first-order valence-corrected chi connectivity index (χ1v) is 4.60. The number of rotatable bonds is 1. The molecule has 1 nitrogen and oxygen atoms in total. The molecule has 0 heterocycles. The Labute approximate surface area is 83.8 Å². The average molecular weight is 253 g/mol. The summed E-state index contributed by atoms with van der Waals surface area (Å²) in [5.41, 5.74) is 6.21. The van der Waals surface area contributed by atoms with Crippen molar-refractivity contribution in [2.75, 3.05) is 0 Å². The van der Waals surface area contributed by atoms with Crippen molar-refractivity contribution >= 4 is 27.5 Å². The lowest BCUT2D eigenvalue weighted by molar-refractivity contribution is 0.622. The molecule has 0 aliphatic carbocycles. The van der Waals surface area contributed by atoms with Crippen LogP contribution in [0.2, 0.25) is 5.02 Å². The van der Waals surface area contributed by atoms with E-state index >= 15 is 0 Å². The number of hydrogen-bond acceptors (Lipinski definition) is 1. The minimum atomic E-state index is -0.438. The predicted octanol–water partition coefficient (Wildman–Crippen LogP) is 3.26. The first-order valence-electron chi connectivity index (χ1n) is 3.43. The molecule has 1 atom stereocenters. The van der Waals surface area contributed by atoms with E-state index in [4.69, 9.17) is 17.3 Å². The summed E-state index contributed by atoms with van der Waals surface area (Å²) in [4.78, 5) is 0. The largest absolute Gasteiger partial charge is 0.324 e. The molecule has 0 saturated heterocycles. The second kappa shape index (κ2) is 3.73. The van der Waals surface area contributed by atoms with Gasteiger partial charge in [0.2, 0.25) is 0 Å². The zero-order valence-electron chi connectivity index (χ0n) is 6.44. The van der Waals surface area contributed by atoms with E-state index in [1.165, 1.54) is 6.07 Å². The number of benzene rings is 1. The van der Waals surface area contributed by atoms with E-state index < -0.39 is 5.82 Å². The Kier molecular flexibility index (Phi) is 3.09. The average Bonchev–Trinajstić information content (AvgIpc) is 1.97. The van der Waals surface area contributed by atoms with Gasteiger partial charge in [-0.3, -0.25) is 0 Å². The second-order valence-corrected chi connectivity index (χ2v) is 3.78. The van der Waals surface area contributed by atoms with Crippen molar-refractivity contribution in [2.45, 2.75) is 13.0 Å². The number of hydrogen-bond donors (Lipinski definition) is 1. The number of nitrogens with two attached hydrogens (primary N) is 1. The van der Waals surface area contributed by atoms with Crippen LogP contribution < -0.4 is 5.73 Å². The molecule has 66 valence electrons. The maximum atomic E-state index is 12.9. The summed E-state index contributed by atoms with van der Waals surface area (Å²) >= 11 is 8.96. The lowest BCUT2D eigenvalue weighted by Gasteiger charge is -2.10. The van der Waals surface area contributed by atoms with Gasteiger partial charge in [-0.25, -0.2) is 4.39 Å². The van der Waals surface area contributed by atoms with E-state index in [2.05, 4.69) is 15.9 Å². The van der Waals surface area contributed by atoms with E-state index in [0.717, 1.165) is 4.47 Å². The van der Waals surface area contributed by atoms with Crippen molar-refractivity contribution in [1.29, 1.82) is 0 Å². The van der Waals surface area contributed by atoms with Crippen LogP contribution in [-0.2, 0) is 0 Å². The molecular formula is C8H8BrClFN. The van der Waals surface area contributed by atoms with E-state index in [9.17, 15) is 4.39 Å². The zero-order chi connectivity index (χ0) is 9.30. The van der Waals surface area contributed by atoms with Crippen LogP contribution in [0.25, 0.3) is 0 Å². The first kappa shape index (κ1) is 9.96. The summed E-state index contributed by atoms with van der Waals surface area (Å²) in [6, 6.07) is 2.63. The molecule has 4 heteroatoms. The van der Waals surface area contributed by atoms with E-state index in [1.54, 1.807) is 13.0 Å². The van der Waals surface area contributed by atoms with Crippen LogP contribution in [0.1, 0.15) is 18.5 Å². The Morgan fingerprint density at radius 2 is 2.17 bits per heavy atom. The number of halogens is 3. The topological polar surface area (TPSA) is 26.0 Å². The summed E-state index contributed by atoms with van der Waals surface area (Å²) in [5, 5.41) is 0.0966.